The molecule has 0 spiro atoms. The molecule has 176 valence electrons. The molecule has 2 aromatic carbocycles. The number of allylic oxidation sites excluding steroid dienone is 1. The molecule has 0 unspecified atom stereocenters. The van der Waals surface area contributed by atoms with Crippen molar-refractivity contribution in [3.05, 3.63) is 88.1 Å². The van der Waals surface area contributed by atoms with Crippen LogP contribution in [0.5, 0.6) is 11.5 Å². The maximum absolute atomic E-state index is 13.6. The summed E-state index contributed by atoms with van der Waals surface area (Å²) in [5, 5.41) is 10.3. The van der Waals surface area contributed by atoms with Crippen molar-refractivity contribution < 1.29 is 19.4 Å². The summed E-state index contributed by atoms with van der Waals surface area (Å²) in [6, 6.07) is 12.3. The van der Waals surface area contributed by atoms with Crippen LogP contribution in [0.1, 0.15) is 37.4 Å². The fraction of sp³-hybridized carbons (Fsp3) is 0.240. The van der Waals surface area contributed by atoms with Crippen molar-refractivity contribution in [1.29, 1.82) is 0 Å². The highest BCUT2D eigenvalue weighted by molar-refractivity contribution is 14.1. The van der Waals surface area contributed by atoms with Gasteiger partial charge in [-0.15, -0.1) is 0 Å². The smallest absolute Gasteiger partial charge is 0.338 e. The Morgan fingerprint density at radius 2 is 2.00 bits per heavy atom. The molecule has 0 saturated heterocycles. The number of aromatic nitrogens is 1. The first-order chi connectivity index (χ1) is 16.4. The quantitative estimate of drug-likeness (QED) is 0.351. The largest absolute Gasteiger partial charge is 0.504 e. The number of carbonyl (C=O) groups excluding carboxylic acids is 1. The van der Waals surface area contributed by atoms with Crippen molar-refractivity contribution >= 4 is 46.0 Å². The summed E-state index contributed by atoms with van der Waals surface area (Å²) in [5.74, 6) is -0.0737. The third kappa shape index (κ3) is 4.41. The van der Waals surface area contributed by atoms with E-state index < -0.39 is 12.0 Å². The Hall–Kier alpha value is -2.92. The van der Waals surface area contributed by atoms with E-state index in [1.54, 1.807) is 22.8 Å². The van der Waals surface area contributed by atoms with Crippen LogP contribution in [0.4, 0.5) is 0 Å². The van der Waals surface area contributed by atoms with Gasteiger partial charge in [-0.1, -0.05) is 48.6 Å². The van der Waals surface area contributed by atoms with E-state index in [2.05, 4.69) is 4.99 Å². The lowest BCUT2D eigenvalue weighted by Gasteiger charge is -2.25. The van der Waals surface area contributed by atoms with Crippen LogP contribution in [-0.4, -0.2) is 29.4 Å². The number of ether oxygens (including phenoxy) is 2. The number of thiazole rings is 1. The van der Waals surface area contributed by atoms with E-state index in [4.69, 9.17) is 9.47 Å². The fourth-order valence-corrected chi connectivity index (χ4v) is 5.55. The number of hydrogen-bond acceptors (Lipinski definition) is 7. The number of methoxy groups -OCH3 is 1. The molecule has 1 aromatic heterocycles. The van der Waals surface area contributed by atoms with E-state index in [0.717, 1.165) is 11.1 Å². The second kappa shape index (κ2) is 10.1. The number of aromatic hydroxyl groups is 1. The molecule has 3 aromatic rings. The molecule has 1 atom stereocenters. The number of hydrogen-bond donors (Lipinski definition) is 1. The summed E-state index contributed by atoms with van der Waals surface area (Å²) >= 11 is 3.29. The van der Waals surface area contributed by atoms with Crippen LogP contribution >= 0.6 is 33.9 Å². The number of phenolic OH excluding ortho intramolecular Hbond substituents is 1. The maximum atomic E-state index is 13.6. The van der Waals surface area contributed by atoms with Gasteiger partial charge in [-0.25, -0.2) is 9.79 Å². The van der Waals surface area contributed by atoms with E-state index in [9.17, 15) is 14.7 Å². The number of nitrogens with zero attached hydrogens (tertiary/aromatic N) is 2. The standard InChI is InChI=1S/C25H23IN2O5S/c1-4-17-20(24(31)32-3)21(15-9-7-6-8-10-15)28-23(30)19(34-25(28)27-17)13-14-11-16(26)22(29)18(12-14)33-5-2/h6-13,21,29H,4-5H2,1-3H3/b19-13+/t21-/m1/s1. The van der Waals surface area contributed by atoms with Gasteiger partial charge in [0.15, 0.2) is 16.3 Å². The van der Waals surface area contributed by atoms with Crippen LogP contribution in [0.3, 0.4) is 0 Å². The average Bonchev–Trinajstić information content (AvgIpc) is 3.15. The van der Waals surface area contributed by atoms with Crippen LogP contribution in [0, 0.1) is 3.57 Å². The SMILES string of the molecule is CCOc1cc(/C=c2/sc3n(c2=O)[C@H](c2ccccc2)C(C(=O)OC)=C(CC)N=3)cc(I)c1O. The number of esters is 1. The predicted molar refractivity (Wildman–Crippen MR) is 139 cm³/mol. The normalized spacial score (nSPS) is 15.6. The van der Waals surface area contributed by atoms with Crippen LogP contribution < -0.4 is 19.6 Å². The van der Waals surface area contributed by atoms with Gasteiger partial charge in [-0.2, -0.15) is 0 Å². The highest BCUT2D eigenvalue weighted by Crippen LogP contribution is 2.33. The Kier molecular flexibility index (Phi) is 7.22. The lowest BCUT2D eigenvalue weighted by Crippen LogP contribution is -2.40. The van der Waals surface area contributed by atoms with Crippen molar-refractivity contribution in [2.45, 2.75) is 26.3 Å². The van der Waals surface area contributed by atoms with Gasteiger partial charge in [0, 0.05) is 0 Å². The molecule has 0 fully saturated rings. The first-order valence-electron chi connectivity index (χ1n) is 10.7. The number of fused-ring (bicyclic) bond motifs is 1. The summed E-state index contributed by atoms with van der Waals surface area (Å²) in [6.07, 6.45) is 2.27. The summed E-state index contributed by atoms with van der Waals surface area (Å²) < 4.78 is 13.3. The topological polar surface area (TPSA) is 90.1 Å². The Morgan fingerprint density at radius 3 is 2.65 bits per heavy atom. The number of halogens is 1. The van der Waals surface area contributed by atoms with Gasteiger partial charge in [0.05, 0.1) is 39.1 Å². The molecule has 7 nitrogen and oxygen atoms in total. The molecule has 0 saturated carbocycles. The number of carbonyl (C=O) groups is 1. The van der Waals surface area contributed by atoms with E-state index in [-0.39, 0.29) is 11.3 Å². The molecule has 9 heteroatoms. The third-order valence-electron chi connectivity index (χ3n) is 5.41. The highest BCUT2D eigenvalue weighted by Gasteiger charge is 2.33. The minimum absolute atomic E-state index is 0.0699. The molecule has 34 heavy (non-hydrogen) atoms. The minimum atomic E-state index is -0.638. The Balaban J connectivity index is 1.97. The Labute approximate surface area is 213 Å². The van der Waals surface area contributed by atoms with Crippen molar-refractivity contribution in [2.24, 2.45) is 4.99 Å². The van der Waals surface area contributed by atoms with E-state index >= 15 is 0 Å². The van der Waals surface area contributed by atoms with Gasteiger partial charge >= 0.3 is 5.97 Å². The van der Waals surface area contributed by atoms with E-state index in [0.29, 0.717) is 43.0 Å². The molecule has 0 bridgehead atoms. The molecule has 2 heterocycles. The fourth-order valence-electron chi connectivity index (χ4n) is 3.91. The van der Waals surface area contributed by atoms with Crippen LogP contribution in [0.25, 0.3) is 6.08 Å². The van der Waals surface area contributed by atoms with Crippen LogP contribution in [-0.2, 0) is 9.53 Å². The molecule has 4 rings (SSSR count). The third-order valence-corrected chi connectivity index (χ3v) is 7.22. The zero-order valence-corrected chi connectivity index (χ0v) is 21.8. The van der Waals surface area contributed by atoms with E-state index in [1.807, 2.05) is 66.8 Å². The molecule has 1 aliphatic rings. The second-order valence-electron chi connectivity index (χ2n) is 7.48. The van der Waals surface area contributed by atoms with Gasteiger partial charge < -0.3 is 14.6 Å². The lowest BCUT2D eigenvalue weighted by molar-refractivity contribution is -0.136. The van der Waals surface area contributed by atoms with Crippen molar-refractivity contribution in [3.63, 3.8) is 0 Å². The summed E-state index contributed by atoms with van der Waals surface area (Å²) in [5.41, 5.74) is 2.24. The molecule has 0 aliphatic carbocycles. The summed E-state index contributed by atoms with van der Waals surface area (Å²) in [7, 11) is 1.33. The van der Waals surface area contributed by atoms with Crippen molar-refractivity contribution in [2.75, 3.05) is 13.7 Å². The van der Waals surface area contributed by atoms with Gasteiger partial charge in [0.2, 0.25) is 0 Å². The van der Waals surface area contributed by atoms with Crippen molar-refractivity contribution in [3.8, 4) is 11.5 Å². The second-order valence-corrected chi connectivity index (χ2v) is 9.65. The Bertz CT molecular complexity index is 1460. The predicted octanol–water partition coefficient (Wildman–Crippen LogP) is 3.51. The zero-order valence-electron chi connectivity index (χ0n) is 18.9. The van der Waals surface area contributed by atoms with Crippen LogP contribution in [0.2, 0.25) is 0 Å². The molecular formula is C25H23IN2O5S. The highest BCUT2D eigenvalue weighted by atomic mass is 127. The van der Waals surface area contributed by atoms with Gasteiger partial charge in [-0.05, 0) is 65.3 Å². The minimum Gasteiger partial charge on any atom is -0.504 e. The molecular weight excluding hydrogens is 567 g/mol. The first kappa shape index (κ1) is 24.2. The monoisotopic (exact) mass is 590 g/mol. The number of phenols is 1. The number of rotatable bonds is 6. The summed E-state index contributed by atoms with van der Waals surface area (Å²) in [4.78, 5) is 31.6. The number of benzene rings is 2. The van der Waals surface area contributed by atoms with E-state index in [1.165, 1.54) is 18.4 Å². The lowest BCUT2D eigenvalue weighted by atomic mass is 9.95. The van der Waals surface area contributed by atoms with Gasteiger partial charge in [0.1, 0.15) is 0 Å². The molecule has 0 amide bonds. The first-order valence-corrected chi connectivity index (χ1v) is 12.6. The summed E-state index contributed by atoms with van der Waals surface area (Å²) in [6.45, 7) is 4.17. The average molecular weight is 590 g/mol. The van der Waals surface area contributed by atoms with Gasteiger partial charge in [-0.3, -0.25) is 9.36 Å². The maximum Gasteiger partial charge on any atom is 0.338 e. The molecule has 1 N–H and O–H groups in total. The molecule has 0 radical (unpaired) electrons. The zero-order chi connectivity index (χ0) is 24.4. The van der Waals surface area contributed by atoms with Crippen molar-refractivity contribution in [1.82, 2.24) is 4.57 Å². The Morgan fingerprint density at radius 1 is 1.26 bits per heavy atom. The van der Waals surface area contributed by atoms with Gasteiger partial charge in [0.25, 0.3) is 5.56 Å². The van der Waals surface area contributed by atoms with Crippen LogP contribution in [0.15, 0.2) is 63.5 Å². The molecule has 1 aliphatic heterocycles.